The Kier molecular flexibility index (Phi) is 2.32. The lowest BCUT2D eigenvalue weighted by Gasteiger charge is -1.93. The first kappa shape index (κ1) is 9.24. The molecule has 2 N–H and O–H groups in total. The molecule has 0 radical (unpaired) electrons. The van der Waals surface area contributed by atoms with Gasteiger partial charge >= 0.3 is 5.97 Å². The highest BCUT2D eigenvalue weighted by atomic mass is 16.4. The average Bonchev–Trinajstić information content (AvgIpc) is 2.29. The van der Waals surface area contributed by atoms with Crippen LogP contribution in [0.2, 0.25) is 0 Å². The number of nitrogens with zero attached hydrogens (tertiary/aromatic N) is 2. The molecule has 0 unspecified atom stereocenters. The van der Waals surface area contributed by atoms with E-state index in [1.165, 1.54) is 24.7 Å². The van der Waals surface area contributed by atoms with Crippen molar-refractivity contribution in [2.75, 3.05) is 5.32 Å². The van der Waals surface area contributed by atoms with Gasteiger partial charge in [0.15, 0.2) is 5.82 Å². The van der Waals surface area contributed by atoms with Gasteiger partial charge in [0, 0.05) is 20.0 Å². The summed E-state index contributed by atoms with van der Waals surface area (Å²) < 4.78 is 1.19. The number of carbonyl (C=O) groups excluding carboxylic acids is 1. The van der Waals surface area contributed by atoms with Crippen molar-refractivity contribution in [1.82, 2.24) is 9.78 Å². The van der Waals surface area contributed by atoms with Gasteiger partial charge in [-0.05, 0) is 0 Å². The van der Waals surface area contributed by atoms with Crippen molar-refractivity contribution in [3.63, 3.8) is 0 Å². The molecular formula is C7H9N3O3. The van der Waals surface area contributed by atoms with Crippen molar-refractivity contribution in [3.05, 3.63) is 11.8 Å². The summed E-state index contributed by atoms with van der Waals surface area (Å²) in [7, 11) is 1.49. The van der Waals surface area contributed by atoms with Crippen molar-refractivity contribution in [2.24, 2.45) is 7.05 Å². The predicted molar refractivity (Wildman–Crippen MR) is 44.5 cm³/mol. The maximum Gasteiger partial charge on any atom is 0.354 e. The molecule has 1 heterocycles. The van der Waals surface area contributed by atoms with Crippen LogP contribution in [0.25, 0.3) is 0 Å². The van der Waals surface area contributed by atoms with E-state index in [0.717, 1.165) is 0 Å². The molecule has 0 saturated heterocycles. The minimum atomic E-state index is -1.08. The molecule has 0 aliphatic rings. The van der Waals surface area contributed by atoms with Crippen molar-refractivity contribution < 1.29 is 14.7 Å². The zero-order chi connectivity index (χ0) is 10.0. The van der Waals surface area contributed by atoms with Gasteiger partial charge in [0.1, 0.15) is 5.69 Å². The van der Waals surface area contributed by atoms with Gasteiger partial charge in [0.05, 0.1) is 0 Å². The largest absolute Gasteiger partial charge is 0.477 e. The lowest BCUT2D eigenvalue weighted by Crippen LogP contribution is -2.07. The van der Waals surface area contributed by atoms with Gasteiger partial charge in [-0.1, -0.05) is 0 Å². The molecule has 70 valence electrons. The molecule has 1 aromatic heterocycles. The third-order valence-corrected chi connectivity index (χ3v) is 1.40. The van der Waals surface area contributed by atoms with Crippen molar-refractivity contribution in [3.8, 4) is 0 Å². The Morgan fingerprint density at radius 3 is 2.62 bits per heavy atom. The molecule has 0 aliphatic heterocycles. The van der Waals surface area contributed by atoms with Crippen molar-refractivity contribution in [1.29, 1.82) is 0 Å². The second kappa shape index (κ2) is 3.26. The number of carboxylic acids is 1. The fourth-order valence-corrected chi connectivity index (χ4v) is 0.909. The molecule has 0 saturated carbocycles. The number of anilines is 1. The number of nitrogens with one attached hydrogen (secondary N) is 1. The molecule has 1 aromatic rings. The van der Waals surface area contributed by atoms with Crippen molar-refractivity contribution >= 4 is 17.7 Å². The fraction of sp³-hybridized carbons (Fsp3) is 0.286. The third-order valence-electron chi connectivity index (χ3n) is 1.40. The first-order valence-electron chi connectivity index (χ1n) is 3.55. The van der Waals surface area contributed by atoms with E-state index >= 15 is 0 Å². The molecule has 13 heavy (non-hydrogen) atoms. The van der Waals surface area contributed by atoms with Crippen LogP contribution in [0.5, 0.6) is 0 Å². The highest BCUT2D eigenvalue weighted by molar-refractivity contribution is 5.91. The standard InChI is InChI=1S/C7H9N3O3/c1-4(11)8-6-3-5(7(12)13)10(2)9-6/h3H,1-2H3,(H,12,13)(H,8,9,11). The fourth-order valence-electron chi connectivity index (χ4n) is 0.909. The average molecular weight is 183 g/mol. The molecule has 0 bridgehead atoms. The molecule has 0 fully saturated rings. The van der Waals surface area contributed by atoms with Gasteiger partial charge in [-0.15, -0.1) is 0 Å². The minimum absolute atomic E-state index is 0.0313. The summed E-state index contributed by atoms with van der Waals surface area (Å²) in [5.41, 5.74) is 0.0313. The first-order valence-corrected chi connectivity index (χ1v) is 3.55. The Morgan fingerprint density at radius 2 is 2.23 bits per heavy atom. The lowest BCUT2D eigenvalue weighted by molar-refractivity contribution is -0.114. The quantitative estimate of drug-likeness (QED) is 0.679. The number of aromatic nitrogens is 2. The highest BCUT2D eigenvalue weighted by Gasteiger charge is 2.11. The van der Waals surface area contributed by atoms with Crippen LogP contribution in [-0.4, -0.2) is 26.8 Å². The maximum atomic E-state index is 10.6. The maximum absolute atomic E-state index is 10.6. The summed E-state index contributed by atoms with van der Waals surface area (Å²) in [6.07, 6.45) is 0. The second-order valence-electron chi connectivity index (χ2n) is 2.52. The number of aromatic carboxylic acids is 1. The van der Waals surface area contributed by atoms with E-state index < -0.39 is 5.97 Å². The second-order valence-corrected chi connectivity index (χ2v) is 2.52. The Morgan fingerprint density at radius 1 is 1.62 bits per heavy atom. The lowest BCUT2D eigenvalue weighted by atomic mass is 10.4. The summed E-state index contributed by atoms with van der Waals surface area (Å²) in [6, 6.07) is 1.30. The summed E-state index contributed by atoms with van der Waals surface area (Å²) in [6.45, 7) is 1.33. The number of aryl methyl sites for hydroxylation is 1. The van der Waals surface area contributed by atoms with Crippen LogP contribution in [0, 0.1) is 0 Å². The smallest absolute Gasteiger partial charge is 0.354 e. The summed E-state index contributed by atoms with van der Waals surface area (Å²) in [5, 5.41) is 14.8. The van der Waals surface area contributed by atoms with Crippen LogP contribution >= 0.6 is 0 Å². The Labute approximate surface area is 74.2 Å². The first-order chi connectivity index (χ1) is 6.00. The zero-order valence-corrected chi connectivity index (χ0v) is 7.24. The van der Waals surface area contributed by atoms with E-state index in [1.54, 1.807) is 0 Å². The number of hydrogen-bond donors (Lipinski definition) is 2. The Balaban J connectivity index is 2.95. The summed E-state index contributed by atoms with van der Waals surface area (Å²) in [4.78, 5) is 21.1. The molecule has 0 aromatic carbocycles. The molecule has 1 rings (SSSR count). The van der Waals surface area contributed by atoms with Gasteiger partial charge in [0.2, 0.25) is 5.91 Å². The zero-order valence-electron chi connectivity index (χ0n) is 7.24. The van der Waals surface area contributed by atoms with Crippen LogP contribution < -0.4 is 5.32 Å². The van der Waals surface area contributed by atoms with E-state index in [2.05, 4.69) is 10.4 Å². The van der Waals surface area contributed by atoms with Crippen LogP contribution in [0.4, 0.5) is 5.82 Å². The van der Waals surface area contributed by atoms with E-state index in [9.17, 15) is 9.59 Å². The van der Waals surface area contributed by atoms with E-state index in [4.69, 9.17) is 5.11 Å². The van der Waals surface area contributed by atoms with Crippen molar-refractivity contribution in [2.45, 2.75) is 6.92 Å². The third kappa shape index (κ3) is 2.05. The SMILES string of the molecule is CC(=O)Nc1cc(C(=O)O)n(C)n1. The normalized spacial score (nSPS) is 9.69. The minimum Gasteiger partial charge on any atom is -0.477 e. The van der Waals surface area contributed by atoms with Gasteiger partial charge in [0.25, 0.3) is 0 Å². The van der Waals surface area contributed by atoms with Crippen LogP contribution in [0.1, 0.15) is 17.4 Å². The van der Waals surface area contributed by atoms with Crippen LogP contribution in [-0.2, 0) is 11.8 Å². The molecule has 0 spiro atoms. The number of amides is 1. The predicted octanol–water partition coefficient (Wildman–Crippen LogP) is 0.0767. The summed E-state index contributed by atoms with van der Waals surface area (Å²) >= 11 is 0. The number of carbonyl (C=O) groups is 2. The monoisotopic (exact) mass is 183 g/mol. The molecular weight excluding hydrogens is 174 g/mol. The van der Waals surface area contributed by atoms with Gasteiger partial charge in [-0.25, -0.2) is 4.79 Å². The summed E-state index contributed by atoms with van der Waals surface area (Å²) in [5.74, 6) is -1.12. The molecule has 0 atom stereocenters. The van der Waals surface area contributed by atoms with E-state index in [1.807, 2.05) is 0 Å². The topological polar surface area (TPSA) is 84.2 Å². The Hall–Kier alpha value is -1.85. The van der Waals surface area contributed by atoms with Crippen LogP contribution in [0.3, 0.4) is 0 Å². The molecule has 6 heteroatoms. The van der Waals surface area contributed by atoms with Gasteiger partial charge in [-0.2, -0.15) is 5.10 Å². The van der Waals surface area contributed by atoms with E-state index in [-0.39, 0.29) is 17.4 Å². The number of carboxylic acid groups (broad SMARTS) is 1. The highest BCUT2D eigenvalue weighted by Crippen LogP contribution is 2.07. The van der Waals surface area contributed by atoms with E-state index in [0.29, 0.717) is 0 Å². The van der Waals surface area contributed by atoms with Gasteiger partial charge < -0.3 is 10.4 Å². The van der Waals surface area contributed by atoms with Crippen LogP contribution in [0.15, 0.2) is 6.07 Å². The molecule has 0 aliphatic carbocycles. The molecule has 1 amide bonds. The number of rotatable bonds is 2. The Bertz CT molecular complexity index is 356. The van der Waals surface area contributed by atoms with Gasteiger partial charge in [-0.3, -0.25) is 9.48 Å². The molecule has 6 nitrogen and oxygen atoms in total. The number of hydrogen-bond acceptors (Lipinski definition) is 3.